The maximum absolute atomic E-state index is 11.6. The second-order valence-corrected chi connectivity index (χ2v) is 4.43. The Morgan fingerprint density at radius 3 is 3.07 bits per heavy atom. The fourth-order valence-corrected chi connectivity index (χ4v) is 1.98. The minimum Gasteiger partial charge on any atom is -0.357 e. The molecule has 1 aromatic heterocycles. The van der Waals surface area contributed by atoms with Crippen LogP contribution in [0.1, 0.15) is 6.42 Å². The van der Waals surface area contributed by atoms with Gasteiger partial charge in [0, 0.05) is 19.8 Å². The van der Waals surface area contributed by atoms with Gasteiger partial charge in [-0.3, -0.25) is 4.79 Å². The molecule has 0 aromatic carbocycles. The smallest absolute Gasteiger partial charge is 0.244 e. The summed E-state index contributed by atoms with van der Waals surface area (Å²) in [6, 6.07) is 3.61. The van der Waals surface area contributed by atoms with Gasteiger partial charge in [0.25, 0.3) is 0 Å². The number of halogens is 1. The third-order valence-corrected chi connectivity index (χ3v) is 3.14. The summed E-state index contributed by atoms with van der Waals surface area (Å²) in [6.45, 7) is 0.807. The maximum atomic E-state index is 11.6. The molecule has 1 saturated heterocycles. The van der Waals surface area contributed by atoms with Crippen LogP contribution in [0.3, 0.4) is 0 Å². The SMILES string of the molecule is CN1CCC(Nc2ncccc2Br)C1=O. The largest absolute Gasteiger partial charge is 0.357 e. The van der Waals surface area contributed by atoms with Gasteiger partial charge in [0.2, 0.25) is 5.91 Å². The van der Waals surface area contributed by atoms with E-state index in [9.17, 15) is 4.79 Å². The van der Waals surface area contributed by atoms with Crippen LogP contribution in [0, 0.1) is 0 Å². The van der Waals surface area contributed by atoms with E-state index in [2.05, 4.69) is 26.2 Å². The van der Waals surface area contributed by atoms with Gasteiger partial charge in [0.05, 0.1) is 4.47 Å². The predicted octanol–water partition coefficient (Wildman–Crippen LogP) is 1.49. The van der Waals surface area contributed by atoms with Crippen molar-refractivity contribution in [3.8, 4) is 0 Å². The van der Waals surface area contributed by atoms with Crippen molar-refractivity contribution in [3.63, 3.8) is 0 Å². The fourth-order valence-electron chi connectivity index (χ4n) is 1.61. The van der Waals surface area contributed by atoms with Gasteiger partial charge < -0.3 is 10.2 Å². The molecule has 1 aliphatic rings. The van der Waals surface area contributed by atoms with Crippen molar-refractivity contribution >= 4 is 27.7 Å². The predicted molar refractivity (Wildman–Crippen MR) is 61.6 cm³/mol. The van der Waals surface area contributed by atoms with Crippen LogP contribution in [0.25, 0.3) is 0 Å². The Morgan fingerprint density at radius 1 is 1.67 bits per heavy atom. The highest BCUT2D eigenvalue weighted by molar-refractivity contribution is 9.10. The molecule has 0 bridgehead atoms. The van der Waals surface area contributed by atoms with E-state index in [1.165, 1.54) is 0 Å². The summed E-state index contributed by atoms with van der Waals surface area (Å²) in [5.41, 5.74) is 0. The first-order valence-corrected chi connectivity index (χ1v) is 5.60. The summed E-state index contributed by atoms with van der Waals surface area (Å²) in [4.78, 5) is 17.5. The van der Waals surface area contributed by atoms with Gasteiger partial charge in [-0.25, -0.2) is 4.98 Å². The Morgan fingerprint density at radius 2 is 2.47 bits per heavy atom. The minimum atomic E-state index is -0.138. The number of rotatable bonds is 2. The molecule has 0 saturated carbocycles. The van der Waals surface area contributed by atoms with Crippen LogP contribution in [0.2, 0.25) is 0 Å². The van der Waals surface area contributed by atoms with Gasteiger partial charge in [0.1, 0.15) is 11.9 Å². The number of hydrogen-bond acceptors (Lipinski definition) is 3. The van der Waals surface area contributed by atoms with Crippen LogP contribution in [-0.4, -0.2) is 35.4 Å². The van der Waals surface area contributed by atoms with Crippen molar-refractivity contribution in [2.45, 2.75) is 12.5 Å². The molecule has 0 aliphatic carbocycles. The third kappa shape index (κ3) is 2.12. The molecular formula is C10H12BrN3O. The normalized spacial score (nSPS) is 20.8. The molecule has 2 rings (SSSR count). The zero-order chi connectivity index (χ0) is 10.8. The molecule has 2 heterocycles. The Bertz CT molecular complexity index is 383. The first-order valence-electron chi connectivity index (χ1n) is 4.80. The number of likely N-dealkylation sites (N-methyl/N-ethyl adjacent to an activating group) is 1. The summed E-state index contributed by atoms with van der Waals surface area (Å²) in [6.07, 6.45) is 2.54. The summed E-state index contributed by atoms with van der Waals surface area (Å²) in [7, 11) is 1.82. The van der Waals surface area contributed by atoms with Crippen molar-refractivity contribution < 1.29 is 4.79 Å². The lowest BCUT2D eigenvalue weighted by Crippen LogP contribution is -2.31. The number of anilines is 1. The second-order valence-electron chi connectivity index (χ2n) is 3.58. The lowest BCUT2D eigenvalue weighted by molar-refractivity contribution is -0.127. The number of nitrogens with zero attached hydrogens (tertiary/aromatic N) is 2. The number of nitrogens with one attached hydrogen (secondary N) is 1. The molecule has 15 heavy (non-hydrogen) atoms. The fraction of sp³-hybridized carbons (Fsp3) is 0.400. The number of hydrogen-bond donors (Lipinski definition) is 1. The lowest BCUT2D eigenvalue weighted by atomic mass is 10.2. The van der Waals surface area contributed by atoms with Crippen molar-refractivity contribution in [1.82, 2.24) is 9.88 Å². The van der Waals surface area contributed by atoms with E-state index in [0.717, 1.165) is 23.3 Å². The van der Waals surface area contributed by atoms with Crippen LogP contribution < -0.4 is 5.32 Å². The lowest BCUT2D eigenvalue weighted by Gasteiger charge is -2.13. The van der Waals surface area contributed by atoms with Gasteiger partial charge >= 0.3 is 0 Å². The third-order valence-electron chi connectivity index (χ3n) is 2.50. The Balaban J connectivity index is 2.10. The Labute approximate surface area is 96.8 Å². The van der Waals surface area contributed by atoms with Crippen molar-refractivity contribution in [3.05, 3.63) is 22.8 Å². The zero-order valence-electron chi connectivity index (χ0n) is 8.40. The van der Waals surface area contributed by atoms with E-state index in [-0.39, 0.29) is 11.9 Å². The molecule has 1 N–H and O–H groups in total. The molecule has 1 unspecified atom stereocenters. The number of carbonyl (C=O) groups is 1. The standard InChI is InChI=1S/C10H12BrN3O/c1-14-6-4-8(10(14)15)13-9-7(11)3-2-5-12-9/h2-3,5,8H,4,6H2,1H3,(H,12,13). The highest BCUT2D eigenvalue weighted by atomic mass is 79.9. The number of likely N-dealkylation sites (tertiary alicyclic amines) is 1. The van der Waals surface area contributed by atoms with E-state index in [0.29, 0.717) is 0 Å². The summed E-state index contributed by atoms with van der Waals surface area (Å²) >= 11 is 3.39. The van der Waals surface area contributed by atoms with Crippen LogP contribution in [0.5, 0.6) is 0 Å². The van der Waals surface area contributed by atoms with Gasteiger partial charge in [-0.2, -0.15) is 0 Å². The topological polar surface area (TPSA) is 45.2 Å². The second kappa shape index (κ2) is 4.18. The molecule has 1 aliphatic heterocycles. The quantitative estimate of drug-likeness (QED) is 0.885. The van der Waals surface area contributed by atoms with Crippen LogP contribution in [-0.2, 0) is 4.79 Å². The molecule has 1 aromatic rings. The maximum Gasteiger partial charge on any atom is 0.244 e. The van der Waals surface area contributed by atoms with Crippen molar-refractivity contribution in [2.75, 3.05) is 18.9 Å². The van der Waals surface area contributed by atoms with Gasteiger partial charge in [-0.15, -0.1) is 0 Å². The molecule has 4 nitrogen and oxygen atoms in total. The molecule has 5 heteroatoms. The Kier molecular flexibility index (Phi) is 2.90. The number of aromatic nitrogens is 1. The zero-order valence-corrected chi connectivity index (χ0v) is 9.99. The molecule has 0 spiro atoms. The van der Waals surface area contributed by atoms with Crippen molar-refractivity contribution in [2.24, 2.45) is 0 Å². The summed E-state index contributed by atoms with van der Waals surface area (Å²) < 4.78 is 0.882. The van der Waals surface area contributed by atoms with E-state index < -0.39 is 0 Å². The van der Waals surface area contributed by atoms with Crippen LogP contribution in [0.4, 0.5) is 5.82 Å². The van der Waals surface area contributed by atoms with E-state index in [1.807, 2.05) is 19.2 Å². The van der Waals surface area contributed by atoms with E-state index in [4.69, 9.17) is 0 Å². The van der Waals surface area contributed by atoms with Crippen LogP contribution >= 0.6 is 15.9 Å². The average Bonchev–Trinajstić information content (AvgIpc) is 2.53. The molecule has 80 valence electrons. The highest BCUT2D eigenvalue weighted by Gasteiger charge is 2.29. The summed E-state index contributed by atoms with van der Waals surface area (Å²) in [5, 5.41) is 3.14. The minimum absolute atomic E-state index is 0.132. The molecular weight excluding hydrogens is 258 g/mol. The van der Waals surface area contributed by atoms with Gasteiger partial charge in [-0.1, -0.05) is 0 Å². The first kappa shape index (κ1) is 10.4. The van der Waals surface area contributed by atoms with Crippen LogP contribution in [0.15, 0.2) is 22.8 Å². The molecule has 1 amide bonds. The first-order chi connectivity index (χ1) is 7.18. The van der Waals surface area contributed by atoms with E-state index >= 15 is 0 Å². The number of amides is 1. The molecule has 1 fully saturated rings. The van der Waals surface area contributed by atoms with Gasteiger partial charge in [0.15, 0.2) is 0 Å². The summed E-state index contributed by atoms with van der Waals surface area (Å²) in [5.74, 6) is 0.860. The molecule has 0 radical (unpaired) electrons. The van der Waals surface area contributed by atoms with Crippen molar-refractivity contribution in [1.29, 1.82) is 0 Å². The molecule has 1 atom stereocenters. The number of pyridine rings is 1. The Hall–Kier alpha value is -1.10. The monoisotopic (exact) mass is 269 g/mol. The highest BCUT2D eigenvalue weighted by Crippen LogP contribution is 2.21. The van der Waals surface area contributed by atoms with Gasteiger partial charge in [-0.05, 0) is 34.5 Å². The van der Waals surface area contributed by atoms with E-state index in [1.54, 1.807) is 11.1 Å². The number of carbonyl (C=O) groups excluding carboxylic acids is 1. The average molecular weight is 270 g/mol.